The van der Waals surface area contributed by atoms with Gasteiger partial charge in [0.2, 0.25) is 0 Å². The lowest BCUT2D eigenvalue weighted by Gasteiger charge is -2.33. The maximum absolute atomic E-state index is 5.48. The van der Waals surface area contributed by atoms with E-state index in [0.717, 1.165) is 51.3 Å². The Morgan fingerprint density at radius 3 is 2.75 bits per heavy atom. The van der Waals surface area contributed by atoms with Crippen molar-refractivity contribution < 1.29 is 4.74 Å². The van der Waals surface area contributed by atoms with E-state index >= 15 is 0 Å². The van der Waals surface area contributed by atoms with Crippen LogP contribution in [0.2, 0.25) is 0 Å². The Labute approximate surface area is 166 Å². The third-order valence-electron chi connectivity index (χ3n) is 5.64. The lowest BCUT2D eigenvalue weighted by molar-refractivity contribution is 0.0300. The summed E-state index contributed by atoms with van der Waals surface area (Å²) < 4.78 is 5.48. The van der Waals surface area contributed by atoms with Gasteiger partial charge in [0, 0.05) is 37.7 Å². The van der Waals surface area contributed by atoms with Gasteiger partial charge in [0.05, 0.1) is 0 Å². The highest BCUT2D eigenvalue weighted by Gasteiger charge is 2.27. The van der Waals surface area contributed by atoms with E-state index in [0.29, 0.717) is 17.3 Å². The summed E-state index contributed by atoms with van der Waals surface area (Å²) in [4.78, 5) is 22.4. The lowest BCUT2D eigenvalue weighted by Crippen LogP contribution is -2.33. The number of hydrogen-bond acceptors (Lipinski definition) is 7. The molecule has 0 radical (unpaired) electrons. The van der Waals surface area contributed by atoms with Crippen LogP contribution in [0.3, 0.4) is 0 Å². The molecule has 2 aromatic heterocycles. The van der Waals surface area contributed by atoms with Crippen LogP contribution in [0, 0.1) is 5.41 Å². The SMILES string of the molecule is CC1(CNc2ccnc(-c3cc(N=C4CCCCC4)ncn3)n2)CCOCC1. The standard InChI is InChI=1S/C21H28N6O/c1-21(8-11-28-12-9-21)14-23-18-7-10-22-20(27-18)17-13-19(25-15-24-17)26-16-5-3-2-4-6-16/h7,10,13,15H,2-6,8-9,11-12,14H2,1H3,(H,22,23,27). The Bertz CT molecular complexity index is 823. The molecule has 0 aromatic carbocycles. The van der Waals surface area contributed by atoms with Crippen LogP contribution >= 0.6 is 0 Å². The van der Waals surface area contributed by atoms with Crippen molar-refractivity contribution in [2.24, 2.45) is 10.4 Å². The molecule has 2 fully saturated rings. The van der Waals surface area contributed by atoms with Crippen LogP contribution in [-0.4, -0.2) is 45.4 Å². The minimum Gasteiger partial charge on any atom is -0.381 e. The van der Waals surface area contributed by atoms with Crippen molar-refractivity contribution in [1.29, 1.82) is 0 Å². The number of hydrogen-bond donors (Lipinski definition) is 1. The minimum absolute atomic E-state index is 0.238. The van der Waals surface area contributed by atoms with Crippen molar-refractivity contribution >= 4 is 17.3 Å². The zero-order valence-electron chi connectivity index (χ0n) is 16.5. The largest absolute Gasteiger partial charge is 0.381 e. The summed E-state index contributed by atoms with van der Waals surface area (Å²) in [6, 6.07) is 3.77. The third kappa shape index (κ3) is 4.90. The number of nitrogens with zero attached hydrogens (tertiary/aromatic N) is 5. The Kier molecular flexibility index (Phi) is 5.90. The normalized spacial score (nSPS) is 19.2. The number of nitrogens with one attached hydrogen (secondary N) is 1. The molecule has 0 amide bonds. The molecular weight excluding hydrogens is 352 g/mol. The molecule has 1 aliphatic heterocycles. The summed E-state index contributed by atoms with van der Waals surface area (Å²) in [5, 5.41) is 3.47. The molecule has 0 atom stereocenters. The van der Waals surface area contributed by atoms with Gasteiger partial charge in [-0.25, -0.2) is 24.9 Å². The highest BCUT2D eigenvalue weighted by Crippen LogP contribution is 2.30. The van der Waals surface area contributed by atoms with E-state index in [4.69, 9.17) is 9.73 Å². The molecule has 2 aliphatic rings. The first-order chi connectivity index (χ1) is 13.7. The lowest BCUT2D eigenvalue weighted by atomic mass is 9.82. The van der Waals surface area contributed by atoms with Gasteiger partial charge in [-0.2, -0.15) is 0 Å². The Balaban J connectivity index is 1.47. The van der Waals surface area contributed by atoms with Crippen LogP contribution in [0.4, 0.5) is 11.6 Å². The van der Waals surface area contributed by atoms with Gasteiger partial charge < -0.3 is 10.1 Å². The van der Waals surface area contributed by atoms with E-state index in [2.05, 4.69) is 32.2 Å². The molecule has 3 heterocycles. The first-order valence-electron chi connectivity index (χ1n) is 10.2. The molecule has 148 valence electrons. The van der Waals surface area contributed by atoms with Gasteiger partial charge >= 0.3 is 0 Å². The summed E-state index contributed by atoms with van der Waals surface area (Å²) >= 11 is 0. The quantitative estimate of drug-likeness (QED) is 0.837. The van der Waals surface area contributed by atoms with Crippen molar-refractivity contribution in [2.75, 3.05) is 25.1 Å². The number of aromatic nitrogens is 4. The van der Waals surface area contributed by atoms with Gasteiger partial charge in [-0.3, -0.25) is 0 Å². The van der Waals surface area contributed by atoms with Crippen LogP contribution in [0.25, 0.3) is 11.5 Å². The number of aliphatic imine (C=N–C) groups is 1. The summed E-state index contributed by atoms with van der Waals surface area (Å²) in [6.45, 7) is 4.83. The topological polar surface area (TPSA) is 85.2 Å². The van der Waals surface area contributed by atoms with Crippen LogP contribution in [-0.2, 0) is 4.74 Å². The van der Waals surface area contributed by atoms with E-state index in [1.807, 2.05) is 12.1 Å². The first kappa shape index (κ1) is 18.9. The fourth-order valence-electron chi connectivity index (χ4n) is 3.69. The van der Waals surface area contributed by atoms with Gasteiger partial charge in [0.15, 0.2) is 11.6 Å². The second kappa shape index (κ2) is 8.73. The second-order valence-electron chi connectivity index (χ2n) is 8.04. The van der Waals surface area contributed by atoms with Gasteiger partial charge in [0.25, 0.3) is 0 Å². The van der Waals surface area contributed by atoms with Gasteiger partial charge in [0.1, 0.15) is 17.8 Å². The van der Waals surface area contributed by atoms with E-state index in [9.17, 15) is 0 Å². The zero-order chi connectivity index (χ0) is 19.2. The van der Waals surface area contributed by atoms with E-state index in [1.54, 1.807) is 12.5 Å². The number of ether oxygens (including phenoxy) is 1. The van der Waals surface area contributed by atoms with Crippen molar-refractivity contribution in [3.8, 4) is 11.5 Å². The Morgan fingerprint density at radius 2 is 1.93 bits per heavy atom. The minimum atomic E-state index is 0.238. The average Bonchev–Trinajstić information content (AvgIpc) is 2.74. The fourth-order valence-corrected chi connectivity index (χ4v) is 3.69. The monoisotopic (exact) mass is 380 g/mol. The van der Waals surface area contributed by atoms with Crippen LogP contribution in [0.5, 0.6) is 0 Å². The third-order valence-corrected chi connectivity index (χ3v) is 5.64. The second-order valence-corrected chi connectivity index (χ2v) is 8.04. The molecule has 1 saturated heterocycles. The van der Waals surface area contributed by atoms with Gasteiger partial charge in [-0.15, -0.1) is 0 Å². The highest BCUT2D eigenvalue weighted by atomic mass is 16.5. The van der Waals surface area contributed by atoms with Crippen molar-refractivity contribution in [1.82, 2.24) is 19.9 Å². The Morgan fingerprint density at radius 1 is 1.11 bits per heavy atom. The average molecular weight is 380 g/mol. The summed E-state index contributed by atoms with van der Waals surface area (Å²) in [5.74, 6) is 2.10. The van der Waals surface area contributed by atoms with Crippen LogP contribution < -0.4 is 5.32 Å². The molecule has 1 saturated carbocycles. The fraction of sp³-hybridized carbons (Fsp3) is 0.571. The molecule has 4 rings (SSSR count). The molecule has 1 N–H and O–H groups in total. The molecule has 7 heteroatoms. The molecule has 28 heavy (non-hydrogen) atoms. The zero-order valence-corrected chi connectivity index (χ0v) is 16.5. The number of rotatable bonds is 5. The first-order valence-corrected chi connectivity index (χ1v) is 10.2. The molecule has 0 spiro atoms. The van der Waals surface area contributed by atoms with Gasteiger partial charge in [-0.05, 0) is 50.0 Å². The van der Waals surface area contributed by atoms with E-state index in [-0.39, 0.29) is 5.41 Å². The van der Waals surface area contributed by atoms with Crippen molar-refractivity contribution in [3.63, 3.8) is 0 Å². The van der Waals surface area contributed by atoms with E-state index in [1.165, 1.54) is 25.0 Å². The van der Waals surface area contributed by atoms with Crippen LogP contribution in [0.1, 0.15) is 51.9 Å². The Hall–Kier alpha value is -2.41. The van der Waals surface area contributed by atoms with Crippen LogP contribution in [0.15, 0.2) is 29.6 Å². The molecule has 7 nitrogen and oxygen atoms in total. The summed E-state index contributed by atoms with van der Waals surface area (Å²) in [7, 11) is 0. The maximum Gasteiger partial charge on any atom is 0.180 e. The van der Waals surface area contributed by atoms with Gasteiger partial charge in [-0.1, -0.05) is 13.3 Å². The molecule has 0 bridgehead atoms. The summed E-state index contributed by atoms with van der Waals surface area (Å²) in [5.41, 5.74) is 2.17. The highest BCUT2D eigenvalue weighted by molar-refractivity contribution is 5.87. The smallest absolute Gasteiger partial charge is 0.180 e. The molecule has 1 aliphatic carbocycles. The molecule has 2 aromatic rings. The van der Waals surface area contributed by atoms with E-state index < -0.39 is 0 Å². The maximum atomic E-state index is 5.48. The summed E-state index contributed by atoms with van der Waals surface area (Å²) in [6.07, 6.45) is 11.3. The number of anilines is 1. The molecule has 0 unspecified atom stereocenters. The van der Waals surface area contributed by atoms with Crippen molar-refractivity contribution in [3.05, 3.63) is 24.7 Å². The predicted octanol–water partition coefficient (Wildman–Crippen LogP) is 4.20. The van der Waals surface area contributed by atoms with Crippen molar-refractivity contribution in [2.45, 2.75) is 51.9 Å². The predicted molar refractivity (Wildman–Crippen MR) is 110 cm³/mol. The molecular formula is C21H28N6O.